The van der Waals surface area contributed by atoms with E-state index in [4.69, 9.17) is 14.5 Å². The lowest BCUT2D eigenvalue weighted by Gasteiger charge is -2.13. The fourth-order valence-corrected chi connectivity index (χ4v) is 4.18. The lowest BCUT2D eigenvalue weighted by molar-refractivity contribution is 0.254. The maximum atomic E-state index is 5.91. The van der Waals surface area contributed by atoms with Crippen molar-refractivity contribution in [3.63, 3.8) is 0 Å². The van der Waals surface area contributed by atoms with Gasteiger partial charge < -0.3 is 20.1 Å². The zero-order valence-corrected chi connectivity index (χ0v) is 18.2. The van der Waals surface area contributed by atoms with Crippen LogP contribution >= 0.6 is 11.3 Å². The highest BCUT2D eigenvalue weighted by Gasteiger charge is 2.21. The minimum absolute atomic E-state index is 0.216. The van der Waals surface area contributed by atoms with Crippen LogP contribution in [0.3, 0.4) is 0 Å². The van der Waals surface area contributed by atoms with Gasteiger partial charge in [0.2, 0.25) is 0 Å². The van der Waals surface area contributed by atoms with Crippen LogP contribution in [0, 0.1) is 13.8 Å². The van der Waals surface area contributed by atoms with Gasteiger partial charge in [0.1, 0.15) is 17.6 Å². The largest absolute Gasteiger partial charge is 0.494 e. The Morgan fingerprint density at radius 1 is 1.32 bits per heavy atom. The van der Waals surface area contributed by atoms with E-state index in [1.165, 1.54) is 10.4 Å². The Morgan fingerprint density at radius 2 is 2.14 bits per heavy atom. The number of guanidine groups is 1. The van der Waals surface area contributed by atoms with E-state index >= 15 is 0 Å². The van der Waals surface area contributed by atoms with Crippen LogP contribution in [0.25, 0.3) is 0 Å². The van der Waals surface area contributed by atoms with E-state index < -0.39 is 0 Å². The topological polar surface area (TPSA) is 67.8 Å². The molecule has 0 saturated heterocycles. The highest BCUT2D eigenvalue weighted by atomic mass is 32.1. The van der Waals surface area contributed by atoms with Gasteiger partial charge in [0.25, 0.3) is 0 Å². The van der Waals surface area contributed by atoms with E-state index in [0.717, 1.165) is 46.7 Å². The number of hydrogen-bond donors (Lipinski definition) is 2. The van der Waals surface area contributed by atoms with Crippen LogP contribution in [0.4, 0.5) is 0 Å². The van der Waals surface area contributed by atoms with E-state index in [0.29, 0.717) is 19.7 Å². The SMILES string of the molecule is CCNC(=NCc1cc2c(cc1OCC)CC(C)O2)NCc1sc(C)nc1C. The predicted molar refractivity (Wildman–Crippen MR) is 115 cm³/mol. The molecule has 0 amide bonds. The summed E-state index contributed by atoms with van der Waals surface area (Å²) < 4.78 is 11.8. The summed E-state index contributed by atoms with van der Waals surface area (Å²) in [5.74, 6) is 2.63. The Labute approximate surface area is 171 Å². The van der Waals surface area contributed by atoms with Gasteiger partial charge in [-0.3, -0.25) is 0 Å². The number of hydrogen-bond acceptors (Lipinski definition) is 5. The van der Waals surface area contributed by atoms with Gasteiger partial charge in [0.15, 0.2) is 5.96 Å². The average molecular weight is 403 g/mol. The lowest BCUT2D eigenvalue weighted by atomic mass is 10.1. The molecule has 2 N–H and O–H groups in total. The molecule has 7 heteroatoms. The second kappa shape index (κ2) is 9.28. The first kappa shape index (κ1) is 20.5. The molecule has 1 aromatic carbocycles. The number of ether oxygens (including phenoxy) is 2. The molecule has 6 nitrogen and oxygen atoms in total. The molecule has 1 aromatic heterocycles. The fraction of sp³-hybridized carbons (Fsp3) is 0.524. The van der Waals surface area contributed by atoms with E-state index in [9.17, 15) is 0 Å². The third-order valence-electron chi connectivity index (χ3n) is 4.55. The summed E-state index contributed by atoms with van der Waals surface area (Å²) >= 11 is 1.72. The van der Waals surface area contributed by atoms with Crippen molar-refractivity contribution >= 4 is 17.3 Å². The standard InChI is InChI=1S/C21H30N4O2S/c1-6-22-21(24-12-20-14(4)25-15(5)28-20)23-11-17-10-19-16(8-13(3)27-19)9-18(17)26-7-2/h9-10,13H,6-8,11-12H2,1-5H3,(H2,22,23,24). The predicted octanol–water partition coefficient (Wildman–Crippen LogP) is 3.74. The molecule has 0 bridgehead atoms. The molecule has 0 spiro atoms. The maximum absolute atomic E-state index is 5.91. The molecular weight excluding hydrogens is 372 g/mol. The van der Waals surface area contributed by atoms with E-state index in [1.54, 1.807) is 11.3 Å². The van der Waals surface area contributed by atoms with Crippen molar-refractivity contribution in [3.05, 3.63) is 38.8 Å². The molecular formula is C21H30N4O2S. The molecule has 1 aliphatic rings. The second-order valence-corrected chi connectivity index (χ2v) is 8.21. The van der Waals surface area contributed by atoms with Crippen LogP contribution < -0.4 is 20.1 Å². The van der Waals surface area contributed by atoms with Crippen LogP contribution in [0.2, 0.25) is 0 Å². The molecule has 1 aliphatic heterocycles. The summed E-state index contributed by atoms with van der Waals surface area (Å²) in [7, 11) is 0. The molecule has 1 atom stereocenters. The van der Waals surface area contributed by atoms with Crippen molar-refractivity contribution in [2.45, 2.75) is 60.2 Å². The average Bonchev–Trinajstić information content (AvgIpc) is 3.17. The first-order valence-electron chi connectivity index (χ1n) is 9.90. The Balaban J connectivity index is 1.75. The number of thiazole rings is 1. The first-order chi connectivity index (χ1) is 13.5. The van der Waals surface area contributed by atoms with Gasteiger partial charge in [-0.1, -0.05) is 0 Å². The van der Waals surface area contributed by atoms with Crippen molar-refractivity contribution in [2.24, 2.45) is 4.99 Å². The maximum Gasteiger partial charge on any atom is 0.191 e. The van der Waals surface area contributed by atoms with Crippen LogP contribution in [0.5, 0.6) is 11.5 Å². The minimum Gasteiger partial charge on any atom is -0.494 e. The van der Waals surface area contributed by atoms with Gasteiger partial charge in [-0.25, -0.2) is 9.98 Å². The van der Waals surface area contributed by atoms with Crippen molar-refractivity contribution in [1.29, 1.82) is 0 Å². The smallest absolute Gasteiger partial charge is 0.191 e. The summed E-state index contributed by atoms with van der Waals surface area (Å²) in [6.45, 7) is 12.9. The van der Waals surface area contributed by atoms with Crippen molar-refractivity contribution in [2.75, 3.05) is 13.2 Å². The van der Waals surface area contributed by atoms with E-state index in [1.807, 2.05) is 20.8 Å². The summed E-state index contributed by atoms with van der Waals surface area (Å²) in [5.41, 5.74) is 3.33. The number of nitrogens with one attached hydrogen (secondary N) is 2. The van der Waals surface area contributed by atoms with Gasteiger partial charge in [0, 0.05) is 29.0 Å². The monoisotopic (exact) mass is 402 g/mol. The zero-order valence-electron chi connectivity index (χ0n) is 17.4. The van der Waals surface area contributed by atoms with E-state index in [2.05, 4.69) is 41.6 Å². The van der Waals surface area contributed by atoms with Gasteiger partial charge in [-0.15, -0.1) is 11.3 Å². The number of fused-ring (bicyclic) bond motifs is 1. The molecule has 28 heavy (non-hydrogen) atoms. The normalized spacial score (nSPS) is 15.9. The molecule has 0 aliphatic carbocycles. The van der Waals surface area contributed by atoms with Crippen LogP contribution in [-0.2, 0) is 19.5 Å². The van der Waals surface area contributed by atoms with Crippen LogP contribution in [0.1, 0.15) is 47.5 Å². The zero-order chi connectivity index (χ0) is 20.1. The molecule has 2 heterocycles. The third-order valence-corrected chi connectivity index (χ3v) is 5.62. The van der Waals surface area contributed by atoms with E-state index in [-0.39, 0.29) is 6.10 Å². The second-order valence-electron chi connectivity index (χ2n) is 6.92. The first-order valence-corrected chi connectivity index (χ1v) is 10.7. The molecule has 3 rings (SSSR count). The quantitative estimate of drug-likeness (QED) is 0.545. The molecule has 152 valence electrons. The Bertz CT molecular complexity index is 847. The molecule has 0 radical (unpaired) electrons. The highest BCUT2D eigenvalue weighted by molar-refractivity contribution is 7.11. The van der Waals surface area contributed by atoms with Crippen molar-refractivity contribution in [1.82, 2.24) is 15.6 Å². The summed E-state index contributed by atoms with van der Waals surface area (Å²) in [6.07, 6.45) is 1.14. The Kier molecular flexibility index (Phi) is 6.78. The molecule has 2 aromatic rings. The number of aliphatic imine (C=N–C) groups is 1. The Hall–Kier alpha value is -2.28. The number of nitrogens with zero attached hydrogens (tertiary/aromatic N) is 2. The number of aryl methyl sites for hydroxylation is 2. The summed E-state index contributed by atoms with van der Waals surface area (Å²) in [5, 5.41) is 7.81. The van der Waals surface area contributed by atoms with Gasteiger partial charge in [-0.2, -0.15) is 0 Å². The van der Waals surface area contributed by atoms with Gasteiger partial charge in [-0.05, 0) is 46.8 Å². The lowest BCUT2D eigenvalue weighted by Crippen LogP contribution is -2.36. The van der Waals surface area contributed by atoms with Crippen molar-refractivity contribution in [3.8, 4) is 11.5 Å². The van der Waals surface area contributed by atoms with Crippen LogP contribution in [-0.4, -0.2) is 30.2 Å². The van der Waals surface area contributed by atoms with Gasteiger partial charge >= 0.3 is 0 Å². The van der Waals surface area contributed by atoms with Crippen molar-refractivity contribution < 1.29 is 9.47 Å². The number of rotatable bonds is 7. The summed E-state index contributed by atoms with van der Waals surface area (Å²) in [6, 6.07) is 4.19. The fourth-order valence-electron chi connectivity index (χ4n) is 3.30. The molecule has 0 fully saturated rings. The number of benzene rings is 1. The third kappa shape index (κ3) is 4.95. The molecule has 1 unspecified atom stereocenters. The molecule has 0 saturated carbocycles. The number of aromatic nitrogens is 1. The van der Waals surface area contributed by atoms with Gasteiger partial charge in [0.05, 0.1) is 30.4 Å². The highest BCUT2D eigenvalue weighted by Crippen LogP contribution is 2.35. The minimum atomic E-state index is 0.216. The Morgan fingerprint density at radius 3 is 2.82 bits per heavy atom. The summed E-state index contributed by atoms with van der Waals surface area (Å²) in [4.78, 5) is 10.5. The van der Waals surface area contributed by atoms with Crippen LogP contribution in [0.15, 0.2) is 17.1 Å².